The predicted molar refractivity (Wildman–Crippen MR) is 159 cm³/mol. The topological polar surface area (TPSA) is 108 Å². The minimum Gasteiger partial charge on any atom is -0.354 e. The van der Waals surface area contributed by atoms with Gasteiger partial charge in [0, 0.05) is 75.4 Å². The van der Waals surface area contributed by atoms with Gasteiger partial charge in [-0.05, 0) is 68.5 Å². The molecule has 212 valence electrons. The van der Waals surface area contributed by atoms with Crippen LogP contribution >= 0.6 is 0 Å². The van der Waals surface area contributed by atoms with Gasteiger partial charge in [-0.15, -0.1) is 0 Å². The van der Waals surface area contributed by atoms with E-state index >= 15 is 0 Å². The Balaban J connectivity index is 1.34. The van der Waals surface area contributed by atoms with Crippen molar-refractivity contribution in [3.8, 4) is 0 Å². The van der Waals surface area contributed by atoms with Gasteiger partial charge in [0.15, 0.2) is 0 Å². The van der Waals surface area contributed by atoms with E-state index in [9.17, 15) is 9.59 Å². The third-order valence-corrected chi connectivity index (χ3v) is 8.72. The molecule has 3 aromatic rings. The maximum atomic E-state index is 14.2. The van der Waals surface area contributed by atoms with Crippen LogP contribution in [0.2, 0.25) is 0 Å². The van der Waals surface area contributed by atoms with Crippen molar-refractivity contribution in [2.45, 2.75) is 57.2 Å². The van der Waals surface area contributed by atoms with E-state index in [1.807, 2.05) is 10.8 Å². The van der Waals surface area contributed by atoms with Crippen molar-refractivity contribution in [3.05, 3.63) is 40.3 Å². The number of nitrogens with one attached hydrogen (secondary N) is 2. The minimum absolute atomic E-state index is 0.0138. The van der Waals surface area contributed by atoms with E-state index in [-0.39, 0.29) is 23.6 Å². The van der Waals surface area contributed by atoms with E-state index in [0.29, 0.717) is 17.5 Å². The Kier molecular flexibility index (Phi) is 7.80. The van der Waals surface area contributed by atoms with Gasteiger partial charge in [0.05, 0.1) is 6.21 Å². The number of rotatable bonds is 8. The summed E-state index contributed by atoms with van der Waals surface area (Å²) in [5.41, 5.74) is 1.87. The van der Waals surface area contributed by atoms with E-state index in [4.69, 9.17) is 4.98 Å². The standard InChI is InChI=1S/C30H40N8O2/c1-31-18-27(39)34-22-6-8-23(9-7-22)38-28-26(17-33-30(35-28)32-16-20-3-4-20)24-10-5-21(15-25(24)29(38)40)19-37-13-11-36(2)12-14-37/h5,10,15,17-18,20,22-23H,3-4,6-9,11-14,16,19H2,1-2H3,(H,34,39)(H,32,33,35)/b31-18+. The third-order valence-electron chi connectivity index (χ3n) is 8.72. The second kappa shape index (κ2) is 11.6. The molecule has 1 aliphatic heterocycles. The maximum absolute atomic E-state index is 14.2. The average molecular weight is 545 g/mol. The van der Waals surface area contributed by atoms with Crippen molar-refractivity contribution < 1.29 is 4.79 Å². The molecule has 1 amide bonds. The molecule has 0 unspecified atom stereocenters. The van der Waals surface area contributed by atoms with Crippen LogP contribution in [0.3, 0.4) is 0 Å². The van der Waals surface area contributed by atoms with Crippen LogP contribution in [-0.4, -0.2) is 89.3 Å². The number of anilines is 1. The molecule has 3 fully saturated rings. The fourth-order valence-electron chi connectivity index (χ4n) is 6.15. The van der Waals surface area contributed by atoms with Gasteiger partial charge in [0.2, 0.25) is 5.95 Å². The molecule has 0 bridgehead atoms. The first-order valence-corrected chi connectivity index (χ1v) is 14.7. The van der Waals surface area contributed by atoms with Crippen LogP contribution in [0.4, 0.5) is 5.95 Å². The molecular weight excluding hydrogens is 504 g/mol. The van der Waals surface area contributed by atoms with Gasteiger partial charge in [-0.3, -0.25) is 24.0 Å². The zero-order valence-corrected chi connectivity index (χ0v) is 23.6. The lowest BCUT2D eigenvalue weighted by Crippen LogP contribution is -2.43. The van der Waals surface area contributed by atoms with Crippen molar-refractivity contribution in [2.24, 2.45) is 10.9 Å². The highest BCUT2D eigenvalue weighted by atomic mass is 16.1. The molecule has 2 N–H and O–H groups in total. The van der Waals surface area contributed by atoms with E-state index < -0.39 is 0 Å². The normalized spacial score (nSPS) is 22.8. The third kappa shape index (κ3) is 5.88. The Morgan fingerprint density at radius 3 is 2.55 bits per heavy atom. The number of pyridine rings is 1. The van der Waals surface area contributed by atoms with E-state index in [0.717, 1.165) is 86.7 Å². The fourth-order valence-corrected chi connectivity index (χ4v) is 6.15. The Morgan fingerprint density at radius 2 is 1.82 bits per heavy atom. The Labute approximate surface area is 234 Å². The highest BCUT2D eigenvalue weighted by Crippen LogP contribution is 2.33. The molecule has 3 heterocycles. The number of carbonyl (C=O) groups is 1. The van der Waals surface area contributed by atoms with Gasteiger partial charge in [0.25, 0.3) is 11.5 Å². The van der Waals surface area contributed by atoms with E-state index in [1.54, 1.807) is 7.05 Å². The zero-order chi connectivity index (χ0) is 27.6. The van der Waals surface area contributed by atoms with Crippen LogP contribution in [0.15, 0.2) is 34.2 Å². The quantitative estimate of drug-likeness (QED) is 0.332. The van der Waals surface area contributed by atoms with E-state index in [1.165, 1.54) is 19.1 Å². The molecule has 0 atom stereocenters. The summed E-state index contributed by atoms with van der Waals surface area (Å²) in [7, 11) is 3.76. The average Bonchev–Trinajstić information content (AvgIpc) is 3.79. The summed E-state index contributed by atoms with van der Waals surface area (Å²) in [6.07, 6.45) is 8.90. The lowest BCUT2D eigenvalue weighted by Gasteiger charge is -2.32. The molecule has 0 radical (unpaired) electrons. The molecule has 0 spiro atoms. The summed E-state index contributed by atoms with van der Waals surface area (Å²) >= 11 is 0. The smallest absolute Gasteiger partial charge is 0.262 e. The number of carbonyl (C=O) groups excluding carboxylic acids is 1. The molecule has 6 rings (SSSR count). The molecule has 40 heavy (non-hydrogen) atoms. The number of fused-ring (bicyclic) bond motifs is 3. The molecular formula is C30H40N8O2. The van der Waals surface area contributed by atoms with Gasteiger partial charge >= 0.3 is 0 Å². The van der Waals surface area contributed by atoms with Gasteiger partial charge in [0.1, 0.15) is 5.65 Å². The molecule has 2 aliphatic carbocycles. The monoisotopic (exact) mass is 544 g/mol. The minimum atomic E-state index is -0.161. The molecule has 3 aliphatic rings. The Morgan fingerprint density at radius 1 is 1.05 bits per heavy atom. The van der Waals surface area contributed by atoms with Crippen LogP contribution in [-0.2, 0) is 11.3 Å². The number of hydrogen-bond donors (Lipinski definition) is 2. The molecule has 1 aromatic carbocycles. The summed E-state index contributed by atoms with van der Waals surface area (Å²) in [5.74, 6) is 1.12. The maximum Gasteiger partial charge on any atom is 0.262 e. The van der Waals surface area contributed by atoms with Crippen LogP contribution in [0.5, 0.6) is 0 Å². The molecule has 2 aromatic heterocycles. The number of likely N-dealkylation sites (N-methyl/N-ethyl adjacent to an activating group) is 1. The largest absolute Gasteiger partial charge is 0.354 e. The van der Waals surface area contributed by atoms with Crippen molar-refractivity contribution in [1.29, 1.82) is 0 Å². The summed E-state index contributed by atoms with van der Waals surface area (Å²) in [4.78, 5) is 44.5. The SMILES string of the molecule is C/N=C/C(=O)NC1CCC(n2c(=O)c3cc(CN4CCN(C)CC4)ccc3c3cnc(NCC4CC4)nc32)CC1. The fraction of sp³-hybridized carbons (Fsp3) is 0.567. The van der Waals surface area contributed by atoms with Crippen molar-refractivity contribution in [3.63, 3.8) is 0 Å². The van der Waals surface area contributed by atoms with Gasteiger partial charge < -0.3 is 15.5 Å². The first-order chi connectivity index (χ1) is 19.5. The second-order valence-corrected chi connectivity index (χ2v) is 11.8. The number of amides is 1. The second-order valence-electron chi connectivity index (χ2n) is 11.8. The summed E-state index contributed by atoms with van der Waals surface area (Å²) in [6, 6.07) is 6.42. The summed E-state index contributed by atoms with van der Waals surface area (Å²) in [6.45, 7) is 5.90. The lowest BCUT2D eigenvalue weighted by molar-refractivity contribution is -0.115. The first kappa shape index (κ1) is 26.8. The predicted octanol–water partition coefficient (Wildman–Crippen LogP) is 2.81. The van der Waals surface area contributed by atoms with Crippen molar-refractivity contribution in [2.75, 3.05) is 52.1 Å². The Bertz CT molecular complexity index is 1460. The van der Waals surface area contributed by atoms with Gasteiger partial charge in [-0.2, -0.15) is 4.98 Å². The summed E-state index contributed by atoms with van der Waals surface area (Å²) < 4.78 is 1.92. The number of aliphatic imine (C=N–C) groups is 1. The summed E-state index contributed by atoms with van der Waals surface area (Å²) in [5, 5.41) is 8.98. The molecule has 10 nitrogen and oxygen atoms in total. The number of piperazine rings is 1. The van der Waals surface area contributed by atoms with Crippen LogP contribution in [0.25, 0.3) is 21.8 Å². The highest BCUT2D eigenvalue weighted by Gasteiger charge is 2.27. The van der Waals surface area contributed by atoms with E-state index in [2.05, 4.69) is 55.7 Å². The van der Waals surface area contributed by atoms with Gasteiger partial charge in [-0.25, -0.2) is 4.98 Å². The zero-order valence-electron chi connectivity index (χ0n) is 23.6. The first-order valence-electron chi connectivity index (χ1n) is 14.7. The Hall–Kier alpha value is -3.37. The number of aromatic nitrogens is 3. The van der Waals surface area contributed by atoms with Crippen molar-refractivity contribution >= 4 is 39.9 Å². The van der Waals surface area contributed by atoms with Crippen molar-refractivity contribution in [1.82, 2.24) is 29.7 Å². The molecule has 10 heteroatoms. The van der Waals surface area contributed by atoms with Crippen LogP contribution < -0.4 is 16.2 Å². The molecule has 1 saturated heterocycles. The van der Waals surface area contributed by atoms with Gasteiger partial charge in [-0.1, -0.05) is 12.1 Å². The highest BCUT2D eigenvalue weighted by molar-refractivity contribution is 6.26. The van der Waals surface area contributed by atoms with Crippen LogP contribution in [0, 0.1) is 5.92 Å². The van der Waals surface area contributed by atoms with Crippen LogP contribution in [0.1, 0.15) is 50.1 Å². The number of nitrogens with zero attached hydrogens (tertiary/aromatic N) is 6. The number of benzene rings is 1. The number of hydrogen-bond acceptors (Lipinski definition) is 8. The molecule has 2 saturated carbocycles. The lowest BCUT2D eigenvalue weighted by atomic mass is 9.90.